The molecule has 22 heavy (non-hydrogen) atoms. The van der Waals surface area contributed by atoms with Crippen LogP contribution in [0.15, 0.2) is 21.3 Å². The van der Waals surface area contributed by atoms with Crippen molar-refractivity contribution in [3.05, 3.63) is 39.2 Å². The summed E-state index contributed by atoms with van der Waals surface area (Å²) in [6, 6.07) is 6.00. The highest BCUT2D eigenvalue weighted by molar-refractivity contribution is 5.95. The summed E-state index contributed by atoms with van der Waals surface area (Å²) in [5.74, 6) is 0. The molecule has 0 atom stereocenters. The lowest BCUT2D eigenvalue weighted by atomic mass is 10.0. The lowest BCUT2D eigenvalue weighted by Gasteiger charge is -2.34. The third kappa shape index (κ3) is 2.26. The van der Waals surface area contributed by atoms with Crippen molar-refractivity contribution in [3.63, 3.8) is 0 Å². The molecule has 0 saturated carbocycles. The van der Waals surface area contributed by atoms with Crippen LogP contribution in [0.25, 0.3) is 11.0 Å². The standard InChI is InChI=1S/C17H19N3O2/c1-11-4-5-13-15(20-8-6-19(3)7-9-20)14(10-18)17(21)22-16(13)12(11)2/h4-5H,6-9H2,1-3H3. The molecule has 2 heterocycles. The molecule has 0 N–H and O–H groups in total. The Morgan fingerprint density at radius 1 is 1.18 bits per heavy atom. The van der Waals surface area contributed by atoms with Crippen LogP contribution in [-0.2, 0) is 0 Å². The van der Waals surface area contributed by atoms with E-state index in [0.717, 1.165) is 48.4 Å². The second-order valence-electron chi connectivity index (χ2n) is 5.90. The number of hydrogen-bond donors (Lipinski definition) is 0. The van der Waals surface area contributed by atoms with Gasteiger partial charge in [-0.25, -0.2) is 4.79 Å². The number of piperazine rings is 1. The van der Waals surface area contributed by atoms with E-state index in [1.165, 1.54) is 0 Å². The van der Waals surface area contributed by atoms with Crippen molar-refractivity contribution in [2.45, 2.75) is 13.8 Å². The van der Waals surface area contributed by atoms with Crippen molar-refractivity contribution in [1.29, 1.82) is 5.26 Å². The summed E-state index contributed by atoms with van der Waals surface area (Å²) in [5, 5.41) is 10.3. The van der Waals surface area contributed by atoms with Crippen molar-refractivity contribution in [2.24, 2.45) is 0 Å². The number of aryl methyl sites for hydroxylation is 2. The summed E-state index contributed by atoms with van der Waals surface area (Å²) < 4.78 is 5.43. The van der Waals surface area contributed by atoms with Gasteiger partial charge in [-0.2, -0.15) is 5.26 Å². The molecule has 1 fully saturated rings. The van der Waals surface area contributed by atoms with E-state index < -0.39 is 5.63 Å². The molecule has 1 aliphatic rings. The molecule has 0 radical (unpaired) electrons. The largest absolute Gasteiger partial charge is 0.421 e. The molecule has 0 spiro atoms. The maximum atomic E-state index is 12.2. The Labute approximate surface area is 129 Å². The Hall–Kier alpha value is -2.32. The van der Waals surface area contributed by atoms with Crippen LogP contribution in [-0.4, -0.2) is 38.1 Å². The smallest absolute Gasteiger partial charge is 0.356 e. The van der Waals surface area contributed by atoms with Crippen molar-refractivity contribution in [3.8, 4) is 6.07 Å². The molecule has 2 aromatic rings. The van der Waals surface area contributed by atoms with E-state index in [2.05, 4.69) is 16.8 Å². The predicted molar refractivity (Wildman–Crippen MR) is 86.4 cm³/mol. The number of rotatable bonds is 1. The molecule has 3 rings (SSSR count). The Morgan fingerprint density at radius 2 is 1.86 bits per heavy atom. The molecule has 5 heteroatoms. The Bertz CT molecular complexity index is 824. The van der Waals surface area contributed by atoms with Gasteiger partial charge < -0.3 is 14.2 Å². The summed E-state index contributed by atoms with van der Waals surface area (Å²) in [7, 11) is 2.08. The van der Waals surface area contributed by atoms with E-state index in [1.807, 2.05) is 32.0 Å². The maximum absolute atomic E-state index is 12.2. The highest BCUT2D eigenvalue weighted by Crippen LogP contribution is 2.32. The summed E-state index contributed by atoms with van der Waals surface area (Å²) in [5.41, 5.74) is 2.92. The van der Waals surface area contributed by atoms with Crippen LogP contribution in [0.2, 0.25) is 0 Å². The molecule has 0 bridgehead atoms. The minimum atomic E-state index is -0.544. The molecule has 1 aromatic heterocycles. The van der Waals surface area contributed by atoms with Crippen LogP contribution >= 0.6 is 0 Å². The van der Waals surface area contributed by atoms with Gasteiger partial charge in [-0.3, -0.25) is 0 Å². The number of nitriles is 1. The molecule has 114 valence electrons. The first-order valence-electron chi connectivity index (χ1n) is 7.43. The fourth-order valence-electron chi connectivity index (χ4n) is 2.94. The van der Waals surface area contributed by atoms with Crippen LogP contribution in [0.4, 0.5) is 5.69 Å². The van der Waals surface area contributed by atoms with Gasteiger partial charge in [0.1, 0.15) is 11.7 Å². The van der Waals surface area contributed by atoms with Crippen LogP contribution in [0.1, 0.15) is 16.7 Å². The number of nitrogens with zero attached hydrogens (tertiary/aromatic N) is 3. The number of benzene rings is 1. The molecule has 1 aliphatic heterocycles. The summed E-state index contributed by atoms with van der Waals surface area (Å²) >= 11 is 0. The fraction of sp³-hybridized carbons (Fsp3) is 0.412. The SMILES string of the molecule is Cc1ccc2c(N3CCN(C)CC3)c(C#N)c(=O)oc2c1C. The van der Waals surface area contributed by atoms with Gasteiger partial charge in [-0.1, -0.05) is 6.07 Å². The Morgan fingerprint density at radius 3 is 2.50 bits per heavy atom. The molecular formula is C17H19N3O2. The third-order valence-electron chi connectivity index (χ3n) is 4.50. The van der Waals surface area contributed by atoms with E-state index in [9.17, 15) is 10.1 Å². The van der Waals surface area contributed by atoms with Crippen molar-refractivity contribution < 1.29 is 4.42 Å². The van der Waals surface area contributed by atoms with Crippen LogP contribution in [0, 0.1) is 25.2 Å². The molecule has 0 aliphatic carbocycles. The molecule has 1 aromatic carbocycles. The average Bonchev–Trinajstić information content (AvgIpc) is 2.51. The zero-order chi connectivity index (χ0) is 15.9. The zero-order valence-electron chi connectivity index (χ0n) is 13.1. The summed E-state index contributed by atoms with van der Waals surface area (Å²) in [6.07, 6.45) is 0. The van der Waals surface area contributed by atoms with Crippen LogP contribution in [0.3, 0.4) is 0 Å². The van der Waals surface area contributed by atoms with Gasteiger partial charge in [-0.15, -0.1) is 0 Å². The molecular weight excluding hydrogens is 278 g/mol. The van der Waals surface area contributed by atoms with Crippen molar-refractivity contribution in [2.75, 3.05) is 38.1 Å². The van der Waals surface area contributed by atoms with E-state index in [0.29, 0.717) is 5.58 Å². The van der Waals surface area contributed by atoms with E-state index in [4.69, 9.17) is 4.42 Å². The Kier molecular flexibility index (Phi) is 3.63. The minimum Gasteiger partial charge on any atom is -0.421 e. The molecule has 1 saturated heterocycles. The summed E-state index contributed by atoms with van der Waals surface area (Å²) in [6.45, 7) is 7.37. The van der Waals surface area contributed by atoms with Gasteiger partial charge in [0.2, 0.25) is 0 Å². The minimum absolute atomic E-state index is 0.111. The first-order chi connectivity index (χ1) is 10.5. The van der Waals surface area contributed by atoms with Gasteiger partial charge in [-0.05, 0) is 38.1 Å². The lowest BCUT2D eigenvalue weighted by Crippen LogP contribution is -2.45. The van der Waals surface area contributed by atoms with E-state index >= 15 is 0 Å². The van der Waals surface area contributed by atoms with Crippen LogP contribution in [0.5, 0.6) is 0 Å². The van der Waals surface area contributed by atoms with Gasteiger partial charge in [0.05, 0.1) is 5.69 Å². The zero-order valence-corrected chi connectivity index (χ0v) is 13.1. The maximum Gasteiger partial charge on any atom is 0.356 e. The quantitative estimate of drug-likeness (QED) is 0.754. The molecule has 5 nitrogen and oxygen atoms in total. The number of anilines is 1. The van der Waals surface area contributed by atoms with Crippen molar-refractivity contribution >= 4 is 16.7 Å². The highest BCUT2D eigenvalue weighted by atomic mass is 16.4. The second-order valence-corrected chi connectivity index (χ2v) is 5.90. The van der Waals surface area contributed by atoms with Gasteiger partial charge in [0, 0.05) is 31.6 Å². The van der Waals surface area contributed by atoms with Gasteiger partial charge >= 0.3 is 5.63 Å². The number of fused-ring (bicyclic) bond motifs is 1. The topological polar surface area (TPSA) is 60.5 Å². The van der Waals surface area contributed by atoms with Gasteiger partial charge in [0.15, 0.2) is 5.56 Å². The monoisotopic (exact) mass is 297 g/mol. The first kappa shape index (κ1) is 14.6. The summed E-state index contributed by atoms with van der Waals surface area (Å²) in [4.78, 5) is 16.6. The number of likely N-dealkylation sites (N-methyl/N-ethyl adjacent to an activating group) is 1. The number of hydrogen-bond acceptors (Lipinski definition) is 5. The second kappa shape index (κ2) is 5.47. The molecule has 0 amide bonds. The first-order valence-corrected chi connectivity index (χ1v) is 7.43. The lowest BCUT2D eigenvalue weighted by molar-refractivity contribution is 0.313. The molecule has 0 unspecified atom stereocenters. The fourth-order valence-corrected chi connectivity index (χ4v) is 2.94. The normalized spacial score (nSPS) is 16.0. The predicted octanol–water partition coefficient (Wildman–Crippen LogP) is 2.03. The van der Waals surface area contributed by atoms with E-state index in [-0.39, 0.29) is 5.56 Å². The average molecular weight is 297 g/mol. The van der Waals surface area contributed by atoms with Gasteiger partial charge in [0.25, 0.3) is 0 Å². The Balaban J connectivity index is 2.29. The third-order valence-corrected chi connectivity index (χ3v) is 4.50. The van der Waals surface area contributed by atoms with E-state index in [1.54, 1.807) is 0 Å². The van der Waals surface area contributed by atoms with Crippen LogP contribution < -0.4 is 10.5 Å². The highest BCUT2D eigenvalue weighted by Gasteiger charge is 2.23. The van der Waals surface area contributed by atoms with Crippen molar-refractivity contribution in [1.82, 2.24) is 4.90 Å².